The smallest absolute Gasteiger partial charge is 0.274 e. The predicted octanol–water partition coefficient (Wildman–Crippen LogP) is 4.08. The van der Waals surface area contributed by atoms with Gasteiger partial charge in [0.25, 0.3) is 5.91 Å². The lowest BCUT2D eigenvalue weighted by Gasteiger charge is -2.40. The minimum atomic E-state index is -0.0439. The molecule has 1 saturated heterocycles. The van der Waals surface area contributed by atoms with Crippen LogP contribution in [0, 0.1) is 6.92 Å². The molecular formula is C20H22N4O2. The van der Waals surface area contributed by atoms with E-state index in [-0.39, 0.29) is 11.9 Å². The molecule has 1 fully saturated rings. The Morgan fingerprint density at radius 2 is 2.15 bits per heavy atom. The first-order valence-electron chi connectivity index (χ1n) is 8.90. The molecule has 3 aromatic heterocycles. The van der Waals surface area contributed by atoms with E-state index in [4.69, 9.17) is 4.42 Å². The molecule has 0 radical (unpaired) electrons. The molecule has 1 unspecified atom stereocenters. The molecule has 4 heterocycles. The lowest BCUT2D eigenvalue weighted by atomic mass is 9.95. The maximum Gasteiger partial charge on any atom is 0.274 e. The number of aromatic amines is 1. The highest BCUT2D eigenvalue weighted by Gasteiger charge is 2.36. The number of nitrogens with zero attached hydrogens (tertiary/aromatic N) is 3. The van der Waals surface area contributed by atoms with Crippen LogP contribution in [0.1, 0.15) is 59.8 Å². The number of H-pyrrole nitrogens is 1. The molecular weight excluding hydrogens is 328 g/mol. The van der Waals surface area contributed by atoms with E-state index in [1.807, 2.05) is 36.1 Å². The molecule has 0 aromatic carbocycles. The first-order valence-corrected chi connectivity index (χ1v) is 8.90. The van der Waals surface area contributed by atoms with Crippen LogP contribution >= 0.6 is 0 Å². The van der Waals surface area contributed by atoms with Gasteiger partial charge < -0.3 is 9.32 Å². The van der Waals surface area contributed by atoms with E-state index in [0.29, 0.717) is 11.6 Å². The molecule has 0 spiro atoms. The lowest BCUT2D eigenvalue weighted by molar-refractivity contribution is 0.0444. The Labute approximate surface area is 152 Å². The van der Waals surface area contributed by atoms with Crippen molar-refractivity contribution in [3.05, 3.63) is 59.6 Å². The normalized spacial score (nSPS) is 16.8. The van der Waals surface area contributed by atoms with Gasteiger partial charge in [0.15, 0.2) is 0 Å². The van der Waals surface area contributed by atoms with E-state index < -0.39 is 0 Å². The molecule has 26 heavy (non-hydrogen) atoms. The molecule has 1 atom stereocenters. The zero-order valence-corrected chi connectivity index (χ0v) is 15.2. The number of nitrogens with one attached hydrogen (secondary N) is 1. The van der Waals surface area contributed by atoms with Gasteiger partial charge >= 0.3 is 0 Å². The summed E-state index contributed by atoms with van der Waals surface area (Å²) < 4.78 is 5.19. The maximum absolute atomic E-state index is 12.8. The van der Waals surface area contributed by atoms with Crippen molar-refractivity contribution in [1.29, 1.82) is 0 Å². The van der Waals surface area contributed by atoms with Crippen LogP contribution in [0.5, 0.6) is 0 Å². The number of rotatable bonds is 4. The van der Waals surface area contributed by atoms with Gasteiger partial charge in [-0.1, -0.05) is 13.8 Å². The number of hydrogen-bond acceptors (Lipinski definition) is 4. The third-order valence-corrected chi connectivity index (χ3v) is 4.89. The van der Waals surface area contributed by atoms with Gasteiger partial charge in [-0.25, -0.2) is 0 Å². The van der Waals surface area contributed by atoms with Gasteiger partial charge in [0, 0.05) is 23.5 Å². The molecule has 1 aliphatic rings. The summed E-state index contributed by atoms with van der Waals surface area (Å²) in [5.74, 6) is 0.268. The predicted molar refractivity (Wildman–Crippen MR) is 97.7 cm³/mol. The van der Waals surface area contributed by atoms with Gasteiger partial charge in [-0.05, 0) is 49.1 Å². The molecule has 0 aliphatic carbocycles. The number of amides is 1. The van der Waals surface area contributed by atoms with Crippen molar-refractivity contribution in [2.45, 2.75) is 39.2 Å². The molecule has 1 N–H and O–H groups in total. The molecule has 6 heteroatoms. The minimum Gasteiger partial charge on any atom is -0.472 e. The highest BCUT2D eigenvalue weighted by Crippen LogP contribution is 2.35. The standard InChI is InChI=1S/C20H22N4O2/c1-12(2)16-10-18(23-22-16)20(25)24-6-4-19(24)17-9-15(8-13(3)21-17)14-5-7-26-11-14/h5,7-12,19H,4,6H2,1-3H3,(H,22,23). The van der Waals surface area contributed by atoms with E-state index in [2.05, 4.69) is 29.0 Å². The second-order valence-electron chi connectivity index (χ2n) is 7.10. The molecule has 1 amide bonds. The molecule has 0 saturated carbocycles. The Bertz CT molecular complexity index is 927. The van der Waals surface area contributed by atoms with Crippen molar-refractivity contribution in [2.75, 3.05) is 6.54 Å². The van der Waals surface area contributed by atoms with E-state index in [9.17, 15) is 4.79 Å². The first kappa shape index (κ1) is 16.6. The zero-order chi connectivity index (χ0) is 18.3. The second kappa shape index (κ2) is 6.44. The summed E-state index contributed by atoms with van der Waals surface area (Å²) in [6.45, 7) is 6.84. The van der Waals surface area contributed by atoms with Gasteiger partial charge in [-0.15, -0.1) is 0 Å². The Morgan fingerprint density at radius 1 is 1.31 bits per heavy atom. The highest BCUT2D eigenvalue weighted by molar-refractivity contribution is 5.93. The minimum absolute atomic E-state index is 0.00717. The number of carbonyl (C=O) groups excluding carboxylic acids is 1. The quantitative estimate of drug-likeness (QED) is 0.769. The van der Waals surface area contributed by atoms with Crippen molar-refractivity contribution < 1.29 is 9.21 Å². The highest BCUT2D eigenvalue weighted by atomic mass is 16.3. The van der Waals surface area contributed by atoms with Crippen LogP contribution in [0.4, 0.5) is 0 Å². The summed E-state index contributed by atoms with van der Waals surface area (Å²) in [5, 5.41) is 7.15. The van der Waals surface area contributed by atoms with Crippen molar-refractivity contribution in [2.24, 2.45) is 0 Å². The number of hydrogen-bond donors (Lipinski definition) is 1. The molecule has 0 bridgehead atoms. The molecule has 4 rings (SSSR count). The van der Waals surface area contributed by atoms with E-state index in [1.165, 1.54) is 0 Å². The number of likely N-dealkylation sites (tertiary alicyclic amines) is 1. The fourth-order valence-electron chi connectivity index (χ4n) is 3.29. The Kier molecular flexibility index (Phi) is 4.11. The van der Waals surface area contributed by atoms with Gasteiger partial charge in [0.1, 0.15) is 5.69 Å². The van der Waals surface area contributed by atoms with Gasteiger partial charge in [-0.2, -0.15) is 5.10 Å². The summed E-state index contributed by atoms with van der Waals surface area (Å²) in [7, 11) is 0. The van der Waals surface area contributed by atoms with Crippen molar-refractivity contribution in [3.63, 3.8) is 0 Å². The molecule has 134 valence electrons. The van der Waals surface area contributed by atoms with Crippen LogP contribution < -0.4 is 0 Å². The van der Waals surface area contributed by atoms with Crippen LogP contribution in [0.25, 0.3) is 11.1 Å². The van der Waals surface area contributed by atoms with Crippen LogP contribution in [0.15, 0.2) is 41.2 Å². The van der Waals surface area contributed by atoms with Crippen molar-refractivity contribution in [1.82, 2.24) is 20.1 Å². The number of aryl methyl sites for hydroxylation is 1. The summed E-state index contributed by atoms with van der Waals surface area (Å²) in [6.07, 6.45) is 4.29. The summed E-state index contributed by atoms with van der Waals surface area (Å²) in [4.78, 5) is 19.4. The fraction of sp³-hybridized carbons (Fsp3) is 0.350. The topological polar surface area (TPSA) is 75.0 Å². The summed E-state index contributed by atoms with van der Waals surface area (Å²) >= 11 is 0. The van der Waals surface area contributed by atoms with Crippen molar-refractivity contribution in [3.8, 4) is 11.1 Å². The largest absolute Gasteiger partial charge is 0.472 e. The van der Waals surface area contributed by atoms with E-state index >= 15 is 0 Å². The molecule has 3 aromatic rings. The van der Waals surface area contributed by atoms with Gasteiger partial charge in [0.05, 0.1) is 24.3 Å². The maximum atomic E-state index is 12.8. The summed E-state index contributed by atoms with van der Waals surface area (Å²) in [6, 6.07) is 7.85. The monoisotopic (exact) mass is 350 g/mol. The third kappa shape index (κ3) is 2.92. The fourth-order valence-corrected chi connectivity index (χ4v) is 3.29. The Morgan fingerprint density at radius 3 is 2.77 bits per heavy atom. The van der Waals surface area contributed by atoms with Gasteiger partial charge in [0.2, 0.25) is 0 Å². The number of pyridine rings is 1. The zero-order valence-electron chi connectivity index (χ0n) is 15.2. The number of furan rings is 1. The number of aromatic nitrogens is 3. The molecule has 6 nitrogen and oxygen atoms in total. The Balaban J connectivity index is 1.59. The van der Waals surface area contributed by atoms with Crippen LogP contribution in [-0.2, 0) is 0 Å². The van der Waals surface area contributed by atoms with E-state index in [1.54, 1.807) is 12.5 Å². The van der Waals surface area contributed by atoms with Crippen LogP contribution in [0.2, 0.25) is 0 Å². The SMILES string of the molecule is Cc1cc(-c2ccoc2)cc(C2CCN2C(=O)c2cc(C(C)C)[nH]n2)n1. The average molecular weight is 350 g/mol. The Hall–Kier alpha value is -2.89. The first-order chi connectivity index (χ1) is 12.5. The lowest BCUT2D eigenvalue weighted by Crippen LogP contribution is -2.45. The summed E-state index contributed by atoms with van der Waals surface area (Å²) in [5.41, 5.74) is 5.37. The van der Waals surface area contributed by atoms with Crippen molar-refractivity contribution >= 4 is 5.91 Å². The second-order valence-corrected chi connectivity index (χ2v) is 7.10. The van der Waals surface area contributed by atoms with Gasteiger partial charge in [-0.3, -0.25) is 14.9 Å². The average Bonchev–Trinajstić information content (AvgIpc) is 3.25. The van der Waals surface area contributed by atoms with E-state index in [0.717, 1.165) is 41.2 Å². The third-order valence-electron chi connectivity index (χ3n) is 4.89. The number of carbonyl (C=O) groups is 1. The molecule has 1 aliphatic heterocycles. The van der Waals surface area contributed by atoms with Crippen LogP contribution in [-0.4, -0.2) is 32.5 Å². The van der Waals surface area contributed by atoms with Crippen LogP contribution in [0.3, 0.4) is 0 Å².